The van der Waals surface area contributed by atoms with E-state index in [-0.39, 0.29) is 5.91 Å². The summed E-state index contributed by atoms with van der Waals surface area (Å²) < 4.78 is 5.00. The molecule has 0 fully saturated rings. The number of furan rings is 1. The molecule has 0 aromatic carbocycles. The van der Waals surface area contributed by atoms with Crippen molar-refractivity contribution < 1.29 is 9.21 Å². The van der Waals surface area contributed by atoms with Crippen LogP contribution in [0.2, 0.25) is 0 Å². The maximum atomic E-state index is 11.6. The fraction of sp³-hybridized carbons (Fsp3) is 0.333. The number of aromatic nitrogens is 2. The van der Waals surface area contributed by atoms with Gasteiger partial charge in [0.25, 0.3) is 5.91 Å². The van der Waals surface area contributed by atoms with Gasteiger partial charge in [-0.1, -0.05) is 0 Å². The van der Waals surface area contributed by atoms with Crippen LogP contribution in [0.4, 0.5) is 0 Å². The molecule has 5 heteroatoms. The molecule has 0 atom stereocenters. The molecule has 5 nitrogen and oxygen atoms in total. The zero-order chi connectivity index (χ0) is 12.3. The number of nitrogens with one attached hydrogen (secondary N) is 2. The second-order valence-corrected chi connectivity index (χ2v) is 3.90. The number of hydrogen-bond donors (Lipinski definition) is 2. The molecule has 0 aliphatic heterocycles. The van der Waals surface area contributed by atoms with Crippen LogP contribution in [-0.4, -0.2) is 22.6 Å². The first kappa shape index (κ1) is 11.4. The van der Waals surface area contributed by atoms with Crippen molar-refractivity contribution in [2.75, 3.05) is 6.54 Å². The van der Waals surface area contributed by atoms with Crippen molar-refractivity contribution in [2.45, 2.75) is 20.3 Å². The predicted molar refractivity (Wildman–Crippen MR) is 62.8 cm³/mol. The minimum Gasteiger partial charge on any atom is -0.459 e. The number of hydrogen-bond acceptors (Lipinski definition) is 3. The molecule has 0 aliphatic carbocycles. The lowest BCUT2D eigenvalue weighted by Crippen LogP contribution is -2.25. The average Bonchev–Trinajstić information content (AvgIpc) is 2.93. The molecule has 0 saturated carbocycles. The van der Waals surface area contributed by atoms with E-state index in [9.17, 15) is 4.79 Å². The lowest BCUT2D eigenvalue weighted by molar-refractivity contribution is 0.0926. The topological polar surface area (TPSA) is 70.9 Å². The van der Waals surface area contributed by atoms with Crippen molar-refractivity contribution >= 4 is 5.91 Å². The van der Waals surface area contributed by atoms with Crippen molar-refractivity contribution in [2.24, 2.45) is 0 Å². The molecule has 0 aliphatic rings. The molecule has 0 bridgehead atoms. The summed E-state index contributed by atoms with van der Waals surface area (Å²) in [5.41, 5.74) is 3.19. The zero-order valence-electron chi connectivity index (χ0n) is 9.91. The fourth-order valence-corrected chi connectivity index (χ4v) is 1.74. The summed E-state index contributed by atoms with van der Waals surface area (Å²) in [7, 11) is 0. The molecule has 0 spiro atoms. The smallest absolute Gasteiger partial charge is 0.286 e. The SMILES string of the molecule is Cc1n[nH]c(C)c1CCNC(=O)c1ccco1. The van der Waals surface area contributed by atoms with Crippen LogP contribution >= 0.6 is 0 Å². The van der Waals surface area contributed by atoms with Gasteiger partial charge in [-0.3, -0.25) is 9.89 Å². The number of H-pyrrole nitrogens is 1. The number of aryl methyl sites for hydroxylation is 2. The second-order valence-electron chi connectivity index (χ2n) is 3.90. The van der Waals surface area contributed by atoms with Gasteiger partial charge >= 0.3 is 0 Å². The van der Waals surface area contributed by atoms with Gasteiger partial charge < -0.3 is 9.73 Å². The molecular weight excluding hydrogens is 218 g/mol. The van der Waals surface area contributed by atoms with Crippen LogP contribution < -0.4 is 5.32 Å². The molecule has 0 saturated heterocycles. The standard InChI is InChI=1S/C12H15N3O2/c1-8-10(9(2)15-14-8)5-6-13-12(16)11-4-3-7-17-11/h3-4,7H,5-6H2,1-2H3,(H,13,16)(H,14,15). The third-order valence-corrected chi connectivity index (χ3v) is 2.69. The number of aromatic amines is 1. The quantitative estimate of drug-likeness (QED) is 0.842. The number of carbonyl (C=O) groups excluding carboxylic acids is 1. The Bertz CT molecular complexity index is 480. The lowest BCUT2D eigenvalue weighted by atomic mass is 10.1. The summed E-state index contributed by atoms with van der Waals surface area (Å²) in [5.74, 6) is 0.152. The van der Waals surface area contributed by atoms with Gasteiger partial charge in [0, 0.05) is 12.2 Å². The van der Waals surface area contributed by atoms with Crippen molar-refractivity contribution in [1.29, 1.82) is 0 Å². The maximum Gasteiger partial charge on any atom is 0.286 e. The number of nitrogens with zero attached hydrogens (tertiary/aromatic N) is 1. The molecule has 90 valence electrons. The van der Waals surface area contributed by atoms with Gasteiger partial charge in [-0.05, 0) is 38.0 Å². The second kappa shape index (κ2) is 4.86. The molecule has 2 heterocycles. The highest BCUT2D eigenvalue weighted by molar-refractivity contribution is 5.91. The molecule has 0 radical (unpaired) electrons. The normalized spacial score (nSPS) is 10.5. The summed E-state index contributed by atoms with van der Waals surface area (Å²) in [4.78, 5) is 11.6. The van der Waals surface area contributed by atoms with Gasteiger partial charge in [0.2, 0.25) is 0 Å². The summed E-state index contributed by atoms with van der Waals surface area (Å²) in [6, 6.07) is 3.34. The van der Waals surface area contributed by atoms with Gasteiger partial charge in [-0.2, -0.15) is 5.10 Å². The van der Waals surface area contributed by atoms with E-state index >= 15 is 0 Å². The molecule has 17 heavy (non-hydrogen) atoms. The first-order valence-corrected chi connectivity index (χ1v) is 5.50. The van der Waals surface area contributed by atoms with Gasteiger partial charge in [-0.25, -0.2) is 0 Å². The molecular formula is C12H15N3O2. The zero-order valence-corrected chi connectivity index (χ0v) is 9.91. The van der Waals surface area contributed by atoms with Crippen molar-refractivity contribution in [1.82, 2.24) is 15.5 Å². The van der Waals surface area contributed by atoms with E-state index in [2.05, 4.69) is 15.5 Å². The first-order chi connectivity index (χ1) is 8.18. The van der Waals surface area contributed by atoms with Crippen LogP contribution in [0.25, 0.3) is 0 Å². The van der Waals surface area contributed by atoms with Crippen molar-refractivity contribution in [3.63, 3.8) is 0 Å². The highest BCUT2D eigenvalue weighted by atomic mass is 16.3. The van der Waals surface area contributed by atoms with E-state index in [1.165, 1.54) is 6.26 Å². The average molecular weight is 233 g/mol. The lowest BCUT2D eigenvalue weighted by Gasteiger charge is -2.03. The van der Waals surface area contributed by atoms with E-state index in [0.29, 0.717) is 12.3 Å². The highest BCUT2D eigenvalue weighted by Crippen LogP contribution is 2.09. The van der Waals surface area contributed by atoms with Gasteiger partial charge in [-0.15, -0.1) is 0 Å². The summed E-state index contributed by atoms with van der Waals surface area (Å²) in [6.07, 6.45) is 2.25. The molecule has 0 unspecified atom stereocenters. The molecule has 2 aromatic rings. The number of rotatable bonds is 4. The van der Waals surface area contributed by atoms with E-state index in [1.54, 1.807) is 12.1 Å². The summed E-state index contributed by atoms with van der Waals surface area (Å²) >= 11 is 0. The molecule has 1 amide bonds. The number of carbonyl (C=O) groups is 1. The Balaban J connectivity index is 1.86. The molecule has 2 N–H and O–H groups in total. The van der Waals surface area contributed by atoms with Crippen LogP contribution in [-0.2, 0) is 6.42 Å². The van der Waals surface area contributed by atoms with Crippen molar-refractivity contribution in [3.8, 4) is 0 Å². The third kappa shape index (κ3) is 2.55. The van der Waals surface area contributed by atoms with Crippen LogP contribution in [0.5, 0.6) is 0 Å². The Labute approximate surface area is 99.2 Å². The summed E-state index contributed by atoms with van der Waals surface area (Å²) in [6.45, 7) is 4.50. The largest absolute Gasteiger partial charge is 0.459 e. The monoisotopic (exact) mass is 233 g/mol. The maximum absolute atomic E-state index is 11.6. The Morgan fingerprint density at radius 1 is 1.53 bits per heavy atom. The minimum absolute atomic E-state index is 0.186. The first-order valence-electron chi connectivity index (χ1n) is 5.50. The summed E-state index contributed by atoms with van der Waals surface area (Å²) in [5, 5.41) is 9.83. The molecule has 2 aromatic heterocycles. The Hall–Kier alpha value is -2.04. The minimum atomic E-state index is -0.186. The Morgan fingerprint density at radius 2 is 2.35 bits per heavy atom. The van der Waals surface area contributed by atoms with E-state index in [0.717, 1.165) is 23.4 Å². The van der Waals surface area contributed by atoms with Crippen LogP contribution in [0.3, 0.4) is 0 Å². The van der Waals surface area contributed by atoms with Crippen LogP contribution in [0.1, 0.15) is 27.5 Å². The van der Waals surface area contributed by atoms with E-state index in [4.69, 9.17) is 4.42 Å². The highest BCUT2D eigenvalue weighted by Gasteiger charge is 2.09. The number of amides is 1. The third-order valence-electron chi connectivity index (χ3n) is 2.69. The Kier molecular flexibility index (Phi) is 3.27. The van der Waals surface area contributed by atoms with Crippen molar-refractivity contribution in [3.05, 3.63) is 41.1 Å². The molecule has 2 rings (SSSR count). The van der Waals surface area contributed by atoms with Gasteiger partial charge in [0.05, 0.1) is 12.0 Å². The van der Waals surface area contributed by atoms with Crippen LogP contribution in [0.15, 0.2) is 22.8 Å². The van der Waals surface area contributed by atoms with Gasteiger partial charge in [0.1, 0.15) is 0 Å². The van der Waals surface area contributed by atoms with Gasteiger partial charge in [0.15, 0.2) is 5.76 Å². The Morgan fingerprint density at radius 3 is 2.94 bits per heavy atom. The fourth-order valence-electron chi connectivity index (χ4n) is 1.74. The van der Waals surface area contributed by atoms with E-state index in [1.807, 2.05) is 13.8 Å². The van der Waals surface area contributed by atoms with Crippen LogP contribution in [0, 0.1) is 13.8 Å². The van der Waals surface area contributed by atoms with E-state index < -0.39 is 0 Å². The predicted octanol–water partition coefficient (Wildman–Crippen LogP) is 1.59.